The van der Waals surface area contributed by atoms with Gasteiger partial charge in [0.25, 0.3) is 5.91 Å². The second-order valence-corrected chi connectivity index (χ2v) is 12.0. The number of sulfone groups is 1. The van der Waals surface area contributed by atoms with Gasteiger partial charge in [0.1, 0.15) is 0 Å². The lowest BCUT2D eigenvalue weighted by molar-refractivity contribution is 0.0658. The molecule has 7 nitrogen and oxygen atoms in total. The number of sulfonamides is 1. The molecular formula is C18H26N2O5S2. The van der Waals surface area contributed by atoms with Gasteiger partial charge in [-0.15, -0.1) is 0 Å². The molecule has 2 saturated heterocycles. The summed E-state index contributed by atoms with van der Waals surface area (Å²) in [5.41, 5.74) is 0.370. The first kappa shape index (κ1) is 20.3. The molecule has 0 N–H and O–H groups in total. The van der Waals surface area contributed by atoms with Gasteiger partial charge in [-0.05, 0) is 43.0 Å². The number of carbonyl (C=O) groups excluding carboxylic acids is 1. The summed E-state index contributed by atoms with van der Waals surface area (Å²) in [4.78, 5) is 14.2. The third-order valence-corrected chi connectivity index (χ3v) is 9.37. The van der Waals surface area contributed by atoms with E-state index in [9.17, 15) is 21.6 Å². The van der Waals surface area contributed by atoms with E-state index in [1.165, 1.54) is 33.5 Å². The van der Waals surface area contributed by atoms with Crippen LogP contribution in [0.3, 0.4) is 0 Å². The zero-order valence-corrected chi connectivity index (χ0v) is 17.3. The summed E-state index contributed by atoms with van der Waals surface area (Å²) in [6, 6.07) is 5.91. The lowest BCUT2D eigenvalue weighted by Gasteiger charge is -2.39. The molecular weight excluding hydrogens is 388 g/mol. The number of carbonyl (C=O) groups is 1. The summed E-state index contributed by atoms with van der Waals surface area (Å²) in [7, 11) is -6.69. The van der Waals surface area contributed by atoms with Crippen molar-refractivity contribution in [1.29, 1.82) is 0 Å². The Morgan fingerprint density at radius 3 is 2.11 bits per heavy atom. The van der Waals surface area contributed by atoms with Crippen LogP contribution in [0.25, 0.3) is 0 Å². The number of likely N-dealkylation sites (tertiary alicyclic amines) is 1. The van der Waals surface area contributed by atoms with Gasteiger partial charge in [0.2, 0.25) is 10.0 Å². The number of rotatable bonds is 6. The molecule has 2 aliphatic rings. The standard InChI is InChI=1S/C18H26N2O5S2/c1-14(2)13-26(22,23)17-11-19(12-17)18(21)15-5-7-16(8-6-15)27(24,25)20-9-3-4-10-20/h5-8,14,17H,3-4,9-13H2,1-2H3. The molecule has 1 aromatic rings. The monoisotopic (exact) mass is 414 g/mol. The first-order valence-corrected chi connectivity index (χ1v) is 12.4. The van der Waals surface area contributed by atoms with Gasteiger partial charge in [-0.1, -0.05) is 13.8 Å². The molecule has 0 unspecified atom stereocenters. The van der Waals surface area contributed by atoms with Gasteiger partial charge in [-0.2, -0.15) is 4.31 Å². The lowest BCUT2D eigenvalue weighted by Crippen LogP contribution is -2.57. The van der Waals surface area contributed by atoms with Crippen molar-refractivity contribution in [3.8, 4) is 0 Å². The number of amides is 1. The minimum Gasteiger partial charge on any atom is -0.336 e. The summed E-state index contributed by atoms with van der Waals surface area (Å²) in [5, 5.41) is -0.501. The maximum absolute atomic E-state index is 12.5. The van der Waals surface area contributed by atoms with Crippen LogP contribution in [0, 0.1) is 5.92 Å². The van der Waals surface area contributed by atoms with E-state index in [1.807, 2.05) is 13.8 Å². The van der Waals surface area contributed by atoms with E-state index in [0.717, 1.165) is 12.8 Å². The molecule has 0 aromatic heterocycles. The van der Waals surface area contributed by atoms with Gasteiger partial charge in [0.15, 0.2) is 9.84 Å². The zero-order chi connectivity index (χ0) is 19.8. The summed E-state index contributed by atoms with van der Waals surface area (Å²) >= 11 is 0. The Morgan fingerprint density at radius 2 is 1.59 bits per heavy atom. The molecule has 2 fully saturated rings. The maximum atomic E-state index is 12.5. The first-order valence-electron chi connectivity index (χ1n) is 9.22. The number of benzene rings is 1. The Labute approximate surface area is 161 Å². The molecule has 150 valence electrons. The SMILES string of the molecule is CC(C)CS(=O)(=O)C1CN(C(=O)c2ccc(S(=O)(=O)N3CCCC3)cc2)C1. The van der Waals surface area contributed by atoms with E-state index >= 15 is 0 Å². The molecule has 0 bridgehead atoms. The van der Waals surface area contributed by atoms with Crippen LogP contribution in [0.5, 0.6) is 0 Å². The van der Waals surface area contributed by atoms with Crippen molar-refractivity contribution in [2.24, 2.45) is 5.92 Å². The van der Waals surface area contributed by atoms with Crippen LogP contribution in [0.2, 0.25) is 0 Å². The van der Waals surface area contributed by atoms with Crippen LogP contribution < -0.4 is 0 Å². The highest BCUT2D eigenvalue weighted by Crippen LogP contribution is 2.24. The van der Waals surface area contributed by atoms with Crippen molar-refractivity contribution in [3.05, 3.63) is 29.8 Å². The van der Waals surface area contributed by atoms with Crippen molar-refractivity contribution in [2.75, 3.05) is 31.9 Å². The molecule has 2 aliphatic heterocycles. The summed E-state index contributed by atoms with van der Waals surface area (Å²) in [5.74, 6) is -0.0797. The van der Waals surface area contributed by atoms with Crippen molar-refractivity contribution in [3.63, 3.8) is 0 Å². The van der Waals surface area contributed by atoms with Crippen molar-refractivity contribution >= 4 is 25.8 Å². The molecule has 1 aromatic carbocycles. The van der Waals surface area contributed by atoms with E-state index in [2.05, 4.69) is 0 Å². The largest absolute Gasteiger partial charge is 0.336 e. The molecule has 0 aliphatic carbocycles. The van der Waals surface area contributed by atoms with Crippen LogP contribution >= 0.6 is 0 Å². The van der Waals surface area contributed by atoms with Crippen molar-refractivity contribution in [2.45, 2.75) is 36.8 Å². The van der Waals surface area contributed by atoms with E-state index in [4.69, 9.17) is 0 Å². The molecule has 0 atom stereocenters. The second kappa shape index (κ2) is 7.52. The summed E-state index contributed by atoms with van der Waals surface area (Å²) in [6.07, 6.45) is 1.73. The highest BCUT2D eigenvalue weighted by atomic mass is 32.2. The van der Waals surface area contributed by atoms with Gasteiger partial charge < -0.3 is 4.90 Å². The molecule has 0 spiro atoms. The van der Waals surface area contributed by atoms with E-state index in [0.29, 0.717) is 18.7 Å². The molecule has 0 radical (unpaired) electrons. The van der Waals surface area contributed by atoms with Crippen LogP contribution in [-0.2, 0) is 19.9 Å². The maximum Gasteiger partial charge on any atom is 0.253 e. The lowest BCUT2D eigenvalue weighted by atomic mass is 10.1. The van der Waals surface area contributed by atoms with Gasteiger partial charge >= 0.3 is 0 Å². The number of nitrogens with zero attached hydrogens (tertiary/aromatic N) is 2. The van der Waals surface area contributed by atoms with Gasteiger partial charge in [-0.25, -0.2) is 16.8 Å². The molecule has 27 heavy (non-hydrogen) atoms. The highest BCUT2D eigenvalue weighted by molar-refractivity contribution is 7.92. The van der Waals surface area contributed by atoms with E-state index in [-0.39, 0.29) is 35.6 Å². The van der Waals surface area contributed by atoms with Crippen LogP contribution in [-0.4, -0.2) is 69.1 Å². The Morgan fingerprint density at radius 1 is 1.04 bits per heavy atom. The minimum atomic E-state index is -3.50. The highest BCUT2D eigenvalue weighted by Gasteiger charge is 2.40. The van der Waals surface area contributed by atoms with E-state index < -0.39 is 25.1 Å². The Balaban J connectivity index is 1.64. The van der Waals surface area contributed by atoms with E-state index in [1.54, 1.807) is 0 Å². The first-order chi connectivity index (χ1) is 12.6. The molecule has 1 amide bonds. The smallest absolute Gasteiger partial charge is 0.253 e. The minimum absolute atomic E-state index is 0.0600. The molecule has 9 heteroatoms. The third-order valence-electron chi connectivity index (χ3n) is 5.01. The fourth-order valence-corrected chi connectivity index (χ4v) is 6.99. The normalized spacial score (nSPS) is 19.4. The predicted octanol–water partition coefficient (Wildman–Crippen LogP) is 1.37. The molecule has 3 rings (SSSR count). The van der Waals surface area contributed by atoms with Crippen molar-refractivity contribution < 1.29 is 21.6 Å². The average Bonchev–Trinajstić information content (AvgIpc) is 3.07. The zero-order valence-electron chi connectivity index (χ0n) is 15.7. The third kappa shape index (κ3) is 4.20. The topological polar surface area (TPSA) is 91.8 Å². The Bertz CT molecular complexity index is 896. The quantitative estimate of drug-likeness (QED) is 0.701. The molecule has 0 saturated carbocycles. The van der Waals surface area contributed by atoms with Gasteiger partial charge in [0.05, 0.1) is 15.9 Å². The number of hydrogen-bond donors (Lipinski definition) is 0. The van der Waals surface area contributed by atoms with Crippen molar-refractivity contribution in [1.82, 2.24) is 9.21 Å². The van der Waals surface area contributed by atoms with Crippen LogP contribution in [0.1, 0.15) is 37.0 Å². The van der Waals surface area contributed by atoms with Crippen LogP contribution in [0.15, 0.2) is 29.2 Å². The summed E-state index contributed by atoms with van der Waals surface area (Å²) < 4.78 is 50.9. The van der Waals surface area contributed by atoms with Gasteiger partial charge in [-0.3, -0.25) is 4.79 Å². The average molecular weight is 415 g/mol. The Kier molecular flexibility index (Phi) is 5.65. The fourth-order valence-electron chi connectivity index (χ4n) is 3.46. The predicted molar refractivity (Wildman–Crippen MR) is 103 cm³/mol. The van der Waals surface area contributed by atoms with Crippen LogP contribution in [0.4, 0.5) is 0 Å². The molecule has 2 heterocycles. The number of hydrogen-bond acceptors (Lipinski definition) is 5. The Hall–Kier alpha value is -1.45. The second-order valence-electron chi connectivity index (χ2n) is 7.69. The van der Waals surface area contributed by atoms with Gasteiger partial charge in [0, 0.05) is 31.7 Å². The summed E-state index contributed by atoms with van der Waals surface area (Å²) in [6.45, 7) is 5.17. The fraction of sp³-hybridized carbons (Fsp3) is 0.611.